The van der Waals surface area contributed by atoms with E-state index in [0.29, 0.717) is 44.1 Å². The van der Waals surface area contributed by atoms with E-state index in [-0.39, 0.29) is 17.7 Å². The maximum Gasteiger partial charge on any atom is 0.226 e. The minimum atomic E-state index is -0.414. The molecular formula is C35H40N4O2. The van der Waals surface area contributed by atoms with Gasteiger partial charge in [0.25, 0.3) is 0 Å². The van der Waals surface area contributed by atoms with Gasteiger partial charge in [-0.05, 0) is 54.7 Å². The topological polar surface area (TPSA) is 78.1 Å². The van der Waals surface area contributed by atoms with E-state index in [0.717, 1.165) is 36.1 Å². The van der Waals surface area contributed by atoms with Crippen molar-refractivity contribution in [2.75, 3.05) is 18.4 Å². The number of piperidine rings is 1. The zero-order valence-corrected chi connectivity index (χ0v) is 23.9. The molecule has 2 aromatic carbocycles. The van der Waals surface area contributed by atoms with Gasteiger partial charge in [-0.15, -0.1) is 0 Å². The molecule has 0 radical (unpaired) electrons. The van der Waals surface area contributed by atoms with Gasteiger partial charge in [0.1, 0.15) is 0 Å². The molecule has 2 fully saturated rings. The number of allylic oxidation sites excluding steroid dienone is 5. The lowest BCUT2D eigenvalue weighted by Crippen LogP contribution is -2.45. The van der Waals surface area contributed by atoms with Crippen molar-refractivity contribution in [2.45, 2.75) is 45.4 Å². The fourth-order valence-electron chi connectivity index (χ4n) is 5.90. The number of nitrogens with one attached hydrogen (secondary N) is 2. The van der Waals surface area contributed by atoms with Crippen LogP contribution in [0.1, 0.15) is 44.6 Å². The molecule has 0 spiro atoms. The van der Waals surface area contributed by atoms with Crippen molar-refractivity contribution in [3.05, 3.63) is 109 Å². The van der Waals surface area contributed by atoms with Gasteiger partial charge in [0.15, 0.2) is 5.82 Å². The van der Waals surface area contributed by atoms with Crippen molar-refractivity contribution in [1.29, 1.82) is 0 Å². The average Bonchev–Trinajstić information content (AvgIpc) is 3.61. The Kier molecular flexibility index (Phi) is 8.98. The third-order valence-corrected chi connectivity index (χ3v) is 8.50. The summed E-state index contributed by atoms with van der Waals surface area (Å²) in [6.07, 6.45) is 12.7. The molecule has 2 atom stereocenters. The van der Waals surface area contributed by atoms with Crippen molar-refractivity contribution >= 4 is 17.6 Å². The molecule has 1 saturated heterocycles. The lowest BCUT2D eigenvalue weighted by molar-refractivity contribution is -0.135. The van der Waals surface area contributed by atoms with E-state index in [1.54, 1.807) is 0 Å². The summed E-state index contributed by atoms with van der Waals surface area (Å²) in [4.78, 5) is 28.7. The van der Waals surface area contributed by atoms with Crippen LogP contribution in [0.15, 0.2) is 103 Å². The zero-order chi connectivity index (χ0) is 28.7. The number of H-pyrrole nitrogens is 1. The van der Waals surface area contributed by atoms with Crippen molar-refractivity contribution in [1.82, 2.24) is 15.1 Å². The Labute approximate surface area is 243 Å². The Hall–Kier alpha value is -4.19. The summed E-state index contributed by atoms with van der Waals surface area (Å²) < 4.78 is 0. The molecule has 1 saturated carbocycles. The summed E-state index contributed by atoms with van der Waals surface area (Å²) >= 11 is 0. The highest BCUT2D eigenvalue weighted by atomic mass is 16.2. The van der Waals surface area contributed by atoms with Gasteiger partial charge in [-0.25, -0.2) is 0 Å². The van der Waals surface area contributed by atoms with Gasteiger partial charge in [-0.2, -0.15) is 5.10 Å². The molecule has 2 amide bonds. The first-order valence-electron chi connectivity index (χ1n) is 14.7. The van der Waals surface area contributed by atoms with Gasteiger partial charge in [-0.3, -0.25) is 14.7 Å². The molecule has 2 aliphatic rings. The SMILES string of the molecule is C=C(/C=C\C=C/CC)C1(CC(=O)Nc2cc(-c3ccccc3)[nH]n2)CCN(C(=O)C2CC2Cc2ccccc2)CC1. The summed E-state index contributed by atoms with van der Waals surface area (Å²) in [7, 11) is 0. The van der Waals surface area contributed by atoms with Crippen molar-refractivity contribution in [3.63, 3.8) is 0 Å². The Morgan fingerprint density at radius 3 is 2.49 bits per heavy atom. The van der Waals surface area contributed by atoms with E-state index in [1.807, 2.05) is 65.6 Å². The molecule has 3 aromatic rings. The third kappa shape index (κ3) is 7.12. The fraction of sp³-hybridized carbons (Fsp3) is 0.343. The molecule has 6 heteroatoms. The minimum Gasteiger partial charge on any atom is -0.342 e. The summed E-state index contributed by atoms with van der Waals surface area (Å²) in [6.45, 7) is 7.78. The monoisotopic (exact) mass is 548 g/mol. The molecule has 1 aromatic heterocycles. The number of likely N-dealkylation sites (tertiary alicyclic amines) is 1. The van der Waals surface area contributed by atoms with Crippen LogP contribution in [0.4, 0.5) is 5.82 Å². The van der Waals surface area contributed by atoms with Gasteiger partial charge in [-0.1, -0.05) is 98.5 Å². The van der Waals surface area contributed by atoms with Crippen LogP contribution in [0.3, 0.4) is 0 Å². The highest BCUT2D eigenvalue weighted by Crippen LogP contribution is 2.46. The van der Waals surface area contributed by atoms with E-state index >= 15 is 0 Å². The normalized spacial score (nSPS) is 19.9. The second kappa shape index (κ2) is 13.0. The van der Waals surface area contributed by atoms with E-state index in [2.05, 4.69) is 59.4 Å². The number of aromatic nitrogens is 2. The smallest absolute Gasteiger partial charge is 0.226 e. The van der Waals surface area contributed by atoms with Crippen molar-refractivity contribution < 1.29 is 9.59 Å². The van der Waals surface area contributed by atoms with Crippen LogP contribution in [0.2, 0.25) is 0 Å². The van der Waals surface area contributed by atoms with Gasteiger partial charge < -0.3 is 10.2 Å². The van der Waals surface area contributed by atoms with Gasteiger partial charge in [0.05, 0.1) is 5.69 Å². The summed E-state index contributed by atoms with van der Waals surface area (Å²) in [5.74, 6) is 1.22. The Balaban J connectivity index is 1.22. The average molecular weight is 549 g/mol. The molecule has 2 unspecified atom stereocenters. The quantitative estimate of drug-likeness (QED) is 0.254. The number of anilines is 1. The number of rotatable bonds is 11. The molecule has 2 N–H and O–H groups in total. The lowest BCUT2D eigenvalue weighted by atomic mass is 9.70. The Bertz CT molecular complexity index is 1400. The second-order valence-corrected chi connectivity index (χ2v) is 11.4. The fourth-order valence-corrected chi connectivity index (χ4v) is 5.90. The van der Waals surface area contributed by atoms with Gasteiger partial charge in [0, 0.05) is 36.9 Å². The van der Waals surface area contributed by atoms with Crippen LogP contribution >= 0.6 is 0 Å². The maximum absolute atomic E-state index is 13.4. The van der Waals surface area contributed by atoms with E-state index in [1.165, 1.54) is 5.56 Å². The lowest BCUT2D eigenvalue weighted by Gasteiger charge is -2.42. The van der Waals surface area contributed by atoms with Gasteiger partial charge in [0.2, 0.25) is 11.8 Å². The largest absolute Gasteiger partial charge is 0.342 e. The molecular weight excluding hydrogens is 508 g/mol. The third-order valence-electron chi connectivity index (χ3n) is 8.50. The van der Waals surface area contributed by atoms with Gasteiger partial charge >= 0.3 is 0 Å². The molecule has 1 aliphatic carbocycles. The highest BCUT2D eigenvalue weighted by molar-refractivity contribution is 5.91. The number of hydrogen-bond acceptors (Lipinski definition) is 3. The summed E-state index contributed by atoms with van der Waals surface area (Å²) in [5, 5.41) is 10.3. The summed E-state index contributed by atoms with van der Waals surface area (Å²) in [5.41, 5.74) is 3.67. The van der Waals surface area contributed by atoms with Crippen LogP contribution in [-0.2, 0) is 16.0 Å². The molecule has 1 aliphatic heterocycles. The predicted octanol–water partition coefficient (Wildman–Crippen LogP) is 6.97. The zero-order valence-electron chi connectivity index (χ0n) is 23.9. The number of benzene rings is 2. The van der Waals surface area contributed by atoms with E-state index in [9.17, 15) is 9.59 Å². The highest BCUT2D eigenvalue weighted by Gasteiger charge is 2.47. The first-order valence-corrected chi connectivity index (χ1v) is 14.7. The number of carbonyl (C=O) groups is 2. The molecule has 5 rings (SSSR count). The van der Waals surface area contributed by atoms with Crippen LogP contribution in [0, 0.1) is 17.3 Å². The number of nitrogens with zero attached hydrogens (tertiary/aromatic N) is 2. The molecule has 6 nitrogen and oxygen atoms in total. The standard InChI is InChI=1S/C35H40N4O2/c1-3-4-5-8-13-26(2)35(25-33(40)36-32-24-31(37-38-32)28-16-11-7-12-17-28)18-20-39(21-19-35)34(41)30-23-29(30)22-27-14-9-6-10-15-27/h4-17,24,29-30H,2-3,18-23,25H2,1H3,(H2,36,37,38,40)/b5-4-,13-8-. The van der Waals surface area contributed by atoms with E-state index in [4.69, 9.17) is 0 Å². The molecule has 2 heterocycles. The Morgan fingerprint density at radius 1 is 1.07 bits per heavy atom. The second-order valence-electron chi connectivity index (χ2n) is 11.4. The van der Waals surface area contributed by atoms with Crippen LogP contribution in [0.5, 0.6) is 0 Å². The molecule has 212 valence electrons. The number of carbonyl (C=O) groups excluding carboxylic acids is 2. The Morgan fingerprint density at radius 2 is 1.78 bits per heavy atom. The molecule has 0 bridgehead atoms. The van der Waals surface area contributed by atoms with E-state index < -0.39 is 5.41 Å². The van der Waals surface area contributed by atoms with Crippen LogP contribution < -0.4 is 5.32 Å². The van der Waals surface area contributed by atoms with Crippen LogP contribution in [0.25, 0.3) is 11.3 Å². The minimum absolute atomic E-state index is 0.0975. The van der Waals surface area contributed by atoms with Crippen molar-refractivity contribution in [2.24, 2.45) is 17.3 Å². The first kappa shape index (κ1) is 28.3. The number of amides is 2. The first-order chi connectivity index (χ1) is 20.0. The number of aromatic amines is 1. The van der Waals surface area contributed by atoms with Crippen molar-refractivity contribution in [3.8, 4) is 11.3 Å². The number of hydrogen-bond donors (Lipinski definition) is 2. The maximum atomic E-state index is 13.4. The molecule has 41 heavy (non-hydrogen) atoms. The van der Waals surface area contributed by atoms with Crippen LogP contribution in [-0.4, -0.2) is 40.0 Å². The summed E-state index contributed by atoms with van der Waals surface area (Å²) in [6, 6.07) is 22.2. The predicted molar refractivity (Wildman–Crippen MR) is 165 cm³/mol.